The summed E-state index contributed by atoms with van der Waals surface area (Å²) in [7, 11) is 0. The number of amides is 1. The van der Waals surface area contributed by atoms with Crippen molar-refractivity contribution in [3.63, 3.8) is 0 Å². The molecule has 0 saturated heterocycles. The van der Waals surface area contributed by atoms with Crippen LogP contribution in [-0.4, -0.2) is 26.1 Å². The van der Waals surface area contributed by atoms with Crippen LogP contribution in [0.1, 0.15) is 11.1 Å². The Labute approximate surface area is 144 Å². The molecule has 0 aliphatic carbocycles. The number of hydrogen-bond acceptors (Lipinski definition) is 4. The molecule has 6 nitrogen and oxygen atoms in total. The van der Waals surface area contributed by atoms with Gasteiger partial charge in [0.15, 0.2) is 0 Å². The van der Waals surface area contributed by atoms with Gasteiger partial charge in [0.25, 0.3) is 0 Å². The standard InChI is InChI=1S/C17H16ClN5O/c1-12-2-6-14(7-3-12)17-20-22-23(21-17)11-16(24)19-10-13-4-8-15(18)9-5-13/h2-9H,10-11H2,1H3,(H,19,24). The third kappa shape index (κ3) is 4.17. The first-order valence-electron chi connectivity index (χ1n) is 7.46. The lowest BCUT2D eigenvalue weighted by atomic mass is 10.1. The number of rotatable bonds is 5. The zero-order valence-electron chi connectivity index (χ0n) is 13.1. The summed E-state index contributed by atoms with van der Waals surface area (Å²) in [5.74, 6) is 0.318. The lowest BCUT2D eigenvalue weighted by Gasteiger charge is -2.04. The highest BCUT2D eigenvalue weighted by Crippen LogP contribution is 2.13. The molecule has 122 valence electrons. The van der Waals surface area contributed by atoms with E-state index < -0.39 is 0 Å². The fraction of sp³-hybridized carbons (Fsp3) is 0.176. The van der Waals surface area contributed by atoms with Crippen LogP contribution in [0.5, 0.6) is 0 Å². The lowest BCUT2D eigenvalue weighted by Crippen LogP contribution is -2.28. The number of aryl methyl sites for hydroxylation is 1. The monoisotopic (exact) mass is 341 g/mol. The maximum absolute atomic E-state index is 12.0. The Morgan fingerprint density at radius 3 is 2.54 bits per heavy atom. The van der Waals surface area contributed by atoms with Gasteiger partial charge in [-0.25, -0.2) is 0 Å². The minimum atomic E-state index is -0.183. The van der Waals surface area contributed by atoms with Crippen LogP contribution in [0.15, 0.2) is 48.5 Å². The first kappa shape index (κ1) is 16.1. The largest absolute Gasteiger partial charge is 0.350 e. The Morgan fingerprint density at radius 1 is 1.12 bits per heavy atom. The van der Waals surface area contributed by atoms with Crippen molar-refractivity contribution in [3.8, 4) is 11.4 Å². The van der Waals surface area contributed by atoms with E-state index in [2.05, 4.69) is 20.7 Å². The number of nitrogens with zero attached hydrogens (tertiary/aromatic N) is 4. The summed E-state index contributed by atoms with van der Waals surface area (Å²) in [5, 5.41) is 15.6. The molecular weight excluding hydrogens is 326 g/mol. The number of carbonyl (C=O) groups excluding carboxylic acids is 1. The van der Waals surface area contributed by atoms with Crippen LogP contribution < -0.4 is 5.32 Å². The number of nitrogens with one attached hydrogen (secondary N) is 1. The van der Waals surface area contributed by atoms with Gasteiger partial charge < -0.3 is 5.32 Å². The first-order valence-corrected chi connectivity index (χ1v) is 7.84. The molecule has 0 unspecified atom stereocenters. The van der Waals surface area contributed by atoms with Gasteiger partial charge in [0.2, 0.25) is 11.7 Å². The van der Waals surface area contributed by atoms with Crippen LogP contribution in [0.2, 0.25) is 5.02 Å². The van der Waals surface area contributed by atoms with Gasteiger partial charge in [0, 0.05) is 17.1 Å². The molecule has 0 aliphatic heterocycles. The zero-order chi connectivity index (χ0) is 16.9. The molecule has 0 saturated carbocycles. The molecule has 24 heavy (non-hydrogen) atoms. The van der Waals surface area contributed by atoms with E-state index in [1.165, 1.54) is 4.80 Å². The second-order valence-corrected chi connectivity index (χ2v) is 5.85. The van der Waals surface area contributed by atoms with E-state index in [1.807, 2.05) is 43.3 Å². The van der Waals surface area contributed by atoms with Crippen LogP contribution in [0.3, 0.4) is 0 Å². The Hall–Kier alpha value is -2.73. The molecular formula is C17H16ClN5O. The van der Waals surface area contributed by atoms with Crippen molar-refractivity contribution in [3.05, 3.63) is 64.7 Å². The summed E-state index contributed by atoms with van der Waals surface area (Å²) in [6, 6.07) is 15.1. The lowest BCUT2D eigenvalue weighted by molar-refractivity contribution is -0.122. The molecule has 0 spiro atoms. The quantitative estimate of drug-likeness (QED) is 0.774. The maximum Gasteiger partial charge on any atom is 0.243 e. The maximum atomic E-state index is 12.0. The number of hydrogen-bond donors (Lipinski definition) is 1. The molecule has 1 aromatic heterocycles. The van der Waals surface area contributed by atoms with Crippen LogP contribution in [-0.2, 0) is 17.9 Å². The predicted octanol–water partition coefficient (Wildman–Crippen LogP) is 2.62. The van der Waals surface area contributed by atoms with Crippen molar-refractivity contribution < 1.29 is 4.79 Å². The number of benzene rings is 2. The molecule has 0 atom stereocenters. The molecule has 0 bridgehead atoms. The topological polar surface area (TPSA) is 72.7 Å². The number of tetrazole rings is 1. The molecule has 2 aromatic carbocycles. The van der Waals surface area contributed by atoms with E-state index >= 15 is 0 Å². The van der Waals surface area contributed by atoms with Gasteiger partial charge in [-0.3, -0.25) is 4.79 Å². The highest BCUT2D eigenvalue weighted by molar-refractivity contribution is 6.30. The van der Waals surface area contributed by atoms with Crippen LogP contribution in [0.25, 0.3) is 11.4 Å². The molecule has 1 heterocycles. The minimum absolute atomic E-state index is 0.0203. The Balaban J connectivity index is 1.57. The average molecular weight is 342 g/mol. The highest BCUT2D eigenvalue weighted by Gasteiger charge is 2.09. The van der Waals surface area contributed by atoms with Gasteiger partial charge in [0.1, 0.15) is 6.54 Å². The van der Waals surface area contributed by atoms with Gasteiger partial charge in [-0.2, -0.15) is 4.80 Å². The zero-order valence-corrected chi connectivity index (χ0v) is 13.9. The van der Waals surface area contributed by atoms with Crippen molar-refractivity contribution >= 4 is 17.5 Å². The second-order valence-electron chi connectivity index (χ2n) is 5.41. The first-order chi connectivity index (χ1) is 11.6. The average Bonchev–Trinajstić information content (AvgIpc) is 3.03. The van der Waals surface area contributed by atoms with Crippen molar-refractivity contribution in [1.82, 2.24) is 25.5 Å². The molecule has 0 fully saturated rings. The SMILES string of the molecule is Cc1ccc(-c2nnn(CC(=O)NCc3ccc(Cl)cc3)n2)cc1. The molecule has 0 aliphatic rings. The summed E-state index contributed by atoms with van der Waals surface area (Å²) in [5.41, 5.74) is 3.00. The molecule has 3 rings (SSSR count). The molecule has 1 N–H and O–H groups in total. The Morgan fingerprint density at radius 2 is 1.83 bits per heavy atom. The summed E-state index contributed by atoms with van der Waals surface area (Å²) in [6.07, 6.45) is 0. The minimum Gasteiger partial charge on any atom is -0.350 e. The van der Waals surface area contributed by atoms with Crippen LogP contribution in [0, 0.1) is 6.92 Å². The summed E-state index contributed by atoms with van der Waals surface area (Å²) in [4.78, 5) is 13.3. The molecule has 1 amide bonds. The summed E-state index contributed by atoms with van der Waals surface area (Å²) in [6.45, 7) is 2.46. The Bertz CT molecular complexity index is 827. The third-order valence-corrected chi connectivity index (χ3v) is 3.70. The van der Waals surface area contributed by atoms with Crippen LogP contribution >= 0.6 is 11.6 Å². The van der Waals surface area contributed by atoms with E-state index in [4.69, 9.17) is 11.6 Å². The smallest absolute Gasteiger partial charge is 0.243 e. The predicted molar refractivity (Wildman–Crippen MR) is 91.3 cm³/mol. The molecule has 7 heteroatoms. The van der Waals surface area contributed by atoms with Gasteiger partial charge in [-0.05, 0) is 29.8 Å². The number of halogens is 1. The van der Waals surface area contributed by atoms with Gasteiger partial charge >= 0.3 is 0 Å². The molecule has 0 radical (unpaired) electrons. The van der Waals surface area contributed by atoms with E-state index in [-0.39, 0.29) is 12.5 Å². The fourth-order valence-corrected chi connectivity index (χ4v) is 2.24. The van der Waals surface area contributed by atoms with E-state index in [1.54, 1.807) is 12.1 Å². The summed E-state index contributed by atoms with van der Waals surface area (Å²) >= 11 is 5.83. The van der Waals surface area contributed by atoms with Gasteiger partial charge in [-0.1, -0.05) is 53.6 Å². The van der Waals surface area contributed by atoms with E-state index in [0.717, 1.165) is 16.7 Å². The third-order valence-electron chi connectivity index (χ3n) is 3.45. The van der Waals surface area contributed by atoms with E-state index in [0.29, 0.717) is 17.4 Å². The normalized spacial score (nSPS) is 10.6. The molecule has 3 aromatic rings. The fourth-order valence-electron chi connectivity index (χ4n) is 2.12. The highest BCUT2D eigenvalue weighted by atomic mass is 35.5. The van der Waals surface area contributed by atoms with Gasteiger partial charge in [-0.15, -0.1) is 10.2 Å². The number of aromatic nitrogens is 4. The van der Waals surface area contributed by atoms with E-state index in [9.17, 15) is 4.79 Å². The van der Waals surface area contributed by atoms with Crippen molar-refractivity contribution in [2.45, 2.75) is 20.0 Å². The van der Waals surface area contributed by atoms with Crippen LogP contribution in [0.4, 0.5) is 0 Å². The van der Waals surface area contributed by atoms with Crippen molar-refractivity contribution in [1.29, 1.82) is 0 Å². The van der Waals surface area contributed by atoms with Crippen molar-refractivity contribution in [2.24, 2.45) is 0 Å². The van der Waals surface area contributed by atoms with Crippen molar-refractivity contribution in [2.75, 3.05) is 0 Å². The second kappa shape index (κ2) is 7.23. The van der Waals surface area contributed by atoms with Gasteiger partial charge in [0.05, 0.1) is 0 Å². The number of carbonyl (C=O) groups is 1. The summed E-state index contributed by atoms with van der Waals surface area (Å²) < 4.78 is 0. The Kier molecular flexibility index (Phi) is 4.86.